The van der Waals surface area contributed by atoms with Crippen molar-refractivity contribution in [3.63, 3.8) is 0 Å². The molecule has 0 atom stereocenters. The topological polar surface area (TPSA) is 62.4 Å². The fourth-order valence-electron chi connectivity index (χ4n) is 2.13. The Balaban J connectivity index is 1.61. The van der Waals surface area contributed by atoms with Crippen molar-refractivity contribution in [3.8, 4) is 11.8 Å². The third kappa shape index (κ3) is 4.53. The summed E-state index contributed by atoms with van der Waals surface area (Å²) in [6.45, 7) is 0.436. The Morgan fingerprint density at radius 2 is 1.92 bits per heavy atom. The van der Waals surface area contributed by atoms with Crippen molar-refractivity contribution in [3.05, 3.63) is 70.1 Å². The molecule has 0 radical (unpaired) electrons. The molecule has 0 aromatic heterocycles. The van der Waals surface area contributed by atoms with E-state index in [-0.39, 0.29) is 5.91 Å². The fraction of sp³-hybridized carbons (Fsp3) is 0.105. The van der Waals surface area contributed by atoms with Crippen molar-refractivity contribution in [1.29, 1.82) is 5.26 Å². The lowest BCUT2D eigenvalue weighted by Crippen LogP contribution is -1.95. The van der Waals surface area contributed by atoms with Gasteiger partial charge in [-0.3, -0.25) is 4.79 Å². The summed E-state index contributed by atoms with van der Waals surface area (Å²) in [6.07, 6.45) is 3.74. The molecule has 6 heteroatoms. The minimum Gasteiger partial charge on any atom is -0.489 e. The zero-order valence-corrected chi connectivity index (χ0v) is 15.1. The molecule has 1 aliphatic rings. The summed E-state index contributed by atoms with van der Waals surface area (Å²) >= 11 is 2.87. The predicted molar refractivity (Wildman–Crippen MR) is 103 cm³/mol. The van der Waals surface area contributed by atoms with Crippen molar-refractivity contribution in [2.24, 2.45) is 4.99 Å². The Kier molecular flexibility index (Phi) is 5.59. The molecule has 1 aliphatic heterocycles. The van der Waals surface area contributed by atoms with Gasteiger partial charge in [0.15, 0.2) is 0 Å². The van der Waals surface area contributed by atoms with Crippen LogP contribution in [0.25, 0.3) is 6.08 Å². The van der Waals surface area contributed by atoms with Gasteiger partial charge in [0.1, 0.15) is 16.7 Å². The average molecular weight is 366 g/mol. The van der Waals surface area contributed by atoms with Gasteiger partial charge in [0, 0.05) is 0 Å². The van der Waals surface area contributed by atoms with Gasteiger partial charge in [-0.1, -0.05) is 36.0 Å². The molecule has 0 unspecified atom stereocenters. The number of thioether (sulfide) groups is 2. The van der Waals surface area contributed by atoms with Gasteiger partial charge in [0.25, 0.3) is 5.91 Å². The summed E-state index contributed by atoms with van der Waals surface area (Å²) in [5, 5.41) is 8.79. The normalized spacial score (nSPS) is 15.1. The molecule has 0 saturated carbocycles. The molecule has 1 amide bonds. The minimum absolute atomic E-state index is 0.185. The molecule has 3 rings (SSSR count). The van der Waals surface area contributed by atoms with Gasteiger partial charge in [0.05, 0.1) is 16.5 Å². The zero-order valence-electron chi connectivity index (χ0n) is 13.4. The van der Waals surface area contributed by atoms with Crippen LogP contribution in [0.4, 0.5) is 0 Å². The molecule has 124 valence electrons. The van der Waals surface area contributed by atoms with Crippen LogP contribution in [0, 0.1) is 11.3 Å². The van der Waals surface area contributed by atoms with Crippen LogP contribution in [-0.4, -0.2) is 16.5 Å². The summed E-state index contributed by atoms with van der Waals surface area (Å²) in [6, 6.07) is 17.0. The van der Waals surface area contributed by atoms with Crippen LogP contribution in [0.5, 0.6) is 5.75 Å². The largest absolute Gasteiger partial charge is 0.489 e. The number of rotatable bonds is 4. The van der Waals surface area contributed by atoms with E-state index in [9.17, 15) is 4.79 Å². The molecule has 0 N–H and O–H groups in total. The summed E-state index contributed by atoms with van der Waals surface area (Å²) in [4.78, 5) is 16.4. The third-order valence-electron chi connectivity index (χ3n) is 3.44. The van der Waals surface area contributed by atoms with Crippen LogP contribution in [0.15, 0.2) is 58.4 Å². The summed E-state index contributed by atoms with van der Waals surface area (Å²) < 4.78 is 6.52. The monoisotopic (exact) mass is 366 g/mol. The Labute approximate surface area is 154 Å². The Morgan fingerprint density at radius 1 is 1.20 bits per heavy atom. The first-order valence-corrected chi connectivity index (χ1v) is 9.50. The molecular weight excluding hydrogens is 352 g/mol. The van der Waals surface area contributed by atoms with Gasteiger partial charge < -0.3 is 4.74 Å². The van der Waals surface area contributed by atoms with Crippen molar-refractivity contribution in [1.82, 2.24) is 0 Å². The number of amides is 1. The second-order valence-electron chi connectivity index (χ2n) is 5.16. The van der Waals surface area contributed by atoms with Gasteiger partial charge in [0.2, 0.25) is 0 Å². The van der Waals surface area contributed by atoms with Gasteiger partial charge in [-0.05, 0) is 47.7 Å². The van der Waals surface area contributed by atoms with Crippen LogP contribution in [0.2, 0.25) is 0 Å². The number of hydrogen-bond donors (Lipinski definition) is 0. The maximum atomic E-state index is 11.8. The number of aliphatic imine (C=N–C) groups is 1. The van der Waals surface area contributed by atoms with Crippen LogP contribution in [-0.2, 0) is 11.4 Å². The number of benzene rings is 2. The van der Waals surface area contributed by atoms with Crippen LogP contribution >= 0.6 is 23.5 Å². The van der Waals surface area contributed by atoms with Gasteiger partial charge in [-0.25, -0.2) is 0 Å². The quantitative estimate of drug-likeness (QED) is 0.747. The smallest absolute Gasteiger partial charge is 0.285 e. The highest BCUT2D eigenvalue weighted by Crippen LogP contribution is 2.32. The lowest BCUT2D eigenvalue weighted by Gasteiger charge is -2.06. The van der Waals surface area contributed by atoms with Gasteiger partial charge >= 0.3 is 0 Å². The molecule has 0 fully saturated rings. The van der Waals surface area contributed by atoms with Gasteiger partial charge in [-0.15, -0.1) is 11.8 Å². The molecule has 2 aromatic rings. The molecule has 1 heterocycles. The predicted octanol–water partition coefficient (Wildman–Crippen LogP) is 4.47. The number of hydrogen-bond acceptors (Lipinski definition) is 5. The Hall–Kier alpha value is -2.49. The average Bonchev–Trinajstić information content (AvgIpc) is 3.01. The third-order valence-corrected chi connectivity index (χ3v) is 5.41. The SMILES string of the molecule is CSC1=NC(=O)C(=Cc2ccc(OCc3ccc(C#N)cc3)cc2)S1. The molecule has 4 nitrogen and oxygen atoms in total. The molecule has 0 bridgehead atoms. The highest BCUT2D eigenvalue weighted by molar-refractivity contribution is 8.40. The second-order valence-corrected chi connectivity index (χ2v) is 7.25. The molecule has 0 spiro atoms. The van der Waals surface area contributed by atoms with E-state index in [4.69, 9.17) is 10.00 Å². The van der Waals surface area contributed by atoms with Crippen LogP contribution in [0.1, 0.15) is 16.7 Å². The number of carbonyl (C=O) groups is 1. The van der Waals surface area contributed by atoms with Crippen LogP contribution in [0.3, 0.4) is 0 Å². The molecular formula is C19H14N2O2S2. The van der Waals surface area contributed by atoms with Crippen molar-refractivity contribution < 1.29 is 9.53 Å². The van der Waals surface area contributed by atoms with E-state index in [0.717, 1.165) is 21.3 Å². The number of nitriles is 1. The second kappa shape index (κ2) is 8.06. The lowest BCUT2D eigenvalue weighted by molar-refractivity contribution is -0.113. The lowest BCUT2D eigenvalue weighted by atomic mass is 10.1. The van der Waals surface area contributed by atoms with Crippen molar-refractivity contribution >= 4 is 39.9 Å². The molecule has 2 aromatic carbocycles. The van der Waals surface area contributed by atoms with Crippen LogP contribution < -0.4 is 4.74 Å². The van der Waals surface area contributed by atoms with E-state index in [1.54, 1.807) is 12.1 Å². The number of nitrogens with zero attached hydrogens (tertiary/aromatic N) is 2. The maximum Gasteiger partial charge on any atom is 0.285 e. The van der Waals surface area contributed by atoms with E-state index in [2.05, 4.69) is 11.1 Å². The first kappa shape index (κ1) is 17.3. The molecule has 0 saturated heterocycles. The number of ether oxygens (including phenoxy) is 1. The van der Waals surface area contributed by atoms with Crippen molar-refractivity contribution in [2.45, 2.75) is 6.61 Å². The van der Waals surface area contributed by atoms with E-state index < -0.39 is 0 Å². The Morgan fingerprint density at radius 3 is 2.52 bits per heavy atom. The standard InChI is InChI=1S/C19H14N2O2S2/c1-24-19-21-18(22)17(25-19)10-13-6-8-16(9-7-13)23-12-15-4-2-14(11-20)3-5-15/h2-10H,12H2,1H3. The number of carbonyl (C=O) groups excluding carboxylic acids is 1. The van der Waals surface area contributed by atoms with Crippen molar-refractivity contribution in [2.75, 3.05) is 6.26 Å². The first-order chi connectivity index (χ1) is 12.2. The Bertz CT molecular complexity index is 879. The van der Waals surface area contributed by atoms with E-state index in [0.29, 0.717) is 17.1 Å². The maximum absolute atomic E-state index is 11.8. The minimum atomic E-state index is -0.185. The van der Waals surface area contributed by atoms with E-state index in [1.807, 2.05) is 48.7 Å². The first-order valence-electron chi connectivity index (χ1n) is 7.46. The highest BCUT2D eigenvalue weighted by atomic mass is 32.2. The van der Waals surface area contributed by atoms with Gasteiger partial charge in [-0.2, -0.15) is 10.3 Å². The summed E-state index contributed by atoms with van der Waals surface area (Å²) in [7, 11) is 0. The zero-order chi connectivity index (χ0) is 17.6. The summed E-state index contributed by atoms with van der Waals surface area (Å²) in [5.41, 5.74) is 2.56. The fourth-order valence-corrected chi connectivity index (χ4v) is 3.55. The molecule has 25 heavy (non-hydrogen) atoms. The summed E-state index contributed by atoms with van der Waals surface area (Å²) in [5.74, 6) is 0.563. The van der Waals surface area contributed by atoms with E-state index in [1.165, 1.54) is 23.5 Å². The highest BCUT2D eigenvalue weighted by Gasteiger charge is 2.20. The van der Waals surface area contributed by atoms with E-state index >= 15 is 0 Å². The molecule has 0 aliphatic carbocycles.